The number of rotatable bonds is 7. The van der Waals surface area contributed by atoms with Gasteiger partial charge < -0.3 is 15.0 Å². The summed E-state index contributed by atoms with van der Waals surface area (Å²) in [6.45, 7) is 3.78. The van der Waals surface area contributed by atoms with Gasteiger partial charge in [0.15, 0.2) is 0 Å². The number of nitrogens with one attached hydrogen (secondary N) is 1. The average Bonchev–Trinajstić information content (AvgIpc) is 2.80. The van der Waals surface area contributed by atoms with E-state index >= 15 is 0 Å². The van der Waals surface area contributed by atoms with Crippen molar-refractivity contribution < 1.29 is 9.66 Å². The molecule has 0 saturated carbocycles. The number of aromatic nitrogens is 2. The fraction of sp³-hybridized carbons (Fsp3) is 0.273. The number of nitro groups is 1. The van der Waals surface area contributed by atoms with E-state index in [1.54, 1.807) is 31.4 Å². The predicted octanol–water partition coefficient (Wildman–Crippen LogP) is 3.46. The highest BCUT2D eigenvalue weighted by atomic mass is 16.6. The van der Waals surface area contributed by atoms with Gasteiger partial charge in [-0.15, -0.1) is 0 Å². The smallest absolute Gasteiger partial charge is 0.353 e. The van der Waals surface area contributed by atoms with Gasteiger partial charge in [-0.05, 0) is 17.7 Å². The van der Waals surface area contributed by atoms with Gasteiger partial charge in [0.05, 0.1) is 12.0 Å². The zero-order valence-corrected chi connectivity index (χ0v) is 17.3. The number of anilines is 3. The lowest BCUT2D eigenvalue weighted by Gasteiger charge is -2.35. The molecule has 1 N–H and O–H groups in total. The third-order valence-electron chi connectivity index (χ3n) is 5.24. The third kappa shape index (κ3) is 4.89. The molecule has 9 heteroatoms. The Morgan fingerprint density at radius 2 is 1.84 bits per heavy atom. The van der Waals surface area contributed by atoms with Crippen molar-refractivity contribution >= 4 is 23.0 Å². The monoisotopic (exact) mass is 420 g/mol. The maximum absolute atomic E-state index is 11.9. The van der Waals surface area contributed by atoms with E-state index in [4.69, 9.17) is 4.74 Å². The van der Waals surface area contributed by atoms with Gasteiger partial charge in [-0.2, -0.15) is 0 Å². The second-order valence-electron chi connectivity index (χ2n) is 7.26. The van der Waals surface area contributed by atoms with E-state index in [0.29, 0.717) is 30.3 Å². The Morgan fingerprint density at radius 1 is 1.06 bits per heavy atom. The van der Waals surface area contributed by atoms with Crippen LogP contribution in [0.5, 0.6) is 5.75 Å². The molecule has 1 fully saturated rings. The van der Waals surface area contributed by atoms with Crippen LogP contribution in [0, 0.1) is 10.1 Å². The number of benzene rings is 2. The van der Waals surface area contributed by atoms with Crippen molar-refractivity contribution in [1.82, 2.24) is 14.9 Å². The van der Waals surface area contributed by atoms with Crippen LogP contribution >= 0.6 is 0 Å². The molecule has 2 aromatic carbocycles. The van der Waals surface area contributed by atoms with E-state index < -0.39 is 4.92 Å². The Morgan fingerprint density at radius 3 is 2.55 bits per heavy atom. The lowest BCUT2D eigenvalue weighted by molar-refractivity contribution is -0.383. The van der Waals surface area contributed by atoms with Crippen molar-refractivity contribution in [3.8, 4) is 5.75 Å². The van der Waals surface area contributed by atoms with Gasteiger partial charge in [0, 0.05) is 44.5 Å². The van der Waals surface area contributed by atoms with Crippen LogP contribution in [0.4, 0.5) is 23.0 Å². The van der Waals surface area contributed by atoms with Crippen LogP contribution in [0.1, 0.15) is 5.56 Å². The standard InChI is InChI=1S/C22H24N6O3/c1-31-19-9-5-8-18(14-19)25-21-20(28(29)30)22(24-16-23-21)27-12-10-26(11-13-27)15-17-6-3-2-4-7-17/h2-9,14,16H,10-13,15H2,1H3,(H,23,24,25). The fourth-order valence-electron chi connectivity index (χ4n) is 3.66. The maximum Gasteiger partial charge on any atom is 0.353 e. The summed E-state index contributed by atoms with van der Waals surface area (Å²) < 4.78 is 5.22. The van der Waals surface area contributed by atoms with Gasteiger partial charge in [-0.3, -0.25) is 15.0 Å². The number of hydrogen-bond donors (Lipinski definition) is 1. The molecule has 1 aliphatic rings. The maximum atomic E-state index is 11.9. The zero-order chi connectivity index (χ0) is 21.6. The largest absolute Gasteiger partial charge is 0.497 e. The summed E-state index contributed by atoms with van der Waals surface area (Å²) in [6, 6.07) is 17.5. The molecule has 0 atom stereocenters. The lowest BCUT2D eigenvalue weighted by atomic mass is 10.2. The highest BCUT2D eigenvalue weighted by Crippen LogP contribution is 2.34. The van der Waals surface area contributed by atoms with Crippen molar-refractivity contribution in [2.75, 3.05) is 43.5 Å². The first-order chi connectivity index (χ1) is 15.1. The summed E-state index contributed by atoms with van der Waals surface area (Å²) in [5, 5.41) is 15.0. The van der Waals surface area contributed by atoms with E-state index in [2.05, 4.69) is 32.3 Å². The van der Waals surface area contributed by atoms with Crippen LogP contribution in [0.2, 0.25) is 0 Å². The Labute approximate surface area is 180 Å². The van der Waals surface area contributed by atoms with Crippen LogP contribution in [0.3, 0.4) is 0 Å². The number of methoxy groups -OCH3 is 1. The van der Waals surface area contributed by atoms with Gasteiger partial charge in [0.25, 0.3) is 0 Å². The zero-order valence-electron chi connectivity index (χ0n) is 17.3. The first kappa shape index (κ1) is 20.5. The van der Waals surface area contributed by atoms with Crippen LogP contribution < -0.4 is 15.0 Å². The minimum Gasteiger partial charge on any atom is -0.497 e. The molecule has 0 radical (unpaired) electrons. The number of hydrogen-bond acceptors (Lipinski definition) is 8. The molecule has 1 aromatic heterocycles. The van der Waals surface area contributed by atoms with Crippen LogP contribution in [-0.4, -0.2) is 53.1 Å². The second kappa shape index (κ2) is 9.40. The molecule has 31 heavy (non-hydrogen) atoms. The fourth-order valence-corrected chi connectivity index (χ4v) is 3.66. The van der Waals surface area contributed by atoms with Crippen molar-refractivity contribution in [1.29, 1.82) is 0 Å². The van der Waals surface area contributed by atoms with E-state index in [1.165, 1.54) is 11.9 Å². The Hall–Kier alpha value is -3.72. The van der Waals surface area contributed by atoms with Gasteiger partial charge in [-0.1, -0.05) is 36.4 Å². The molecular formula is C22H24N6O3. The van der Waals surface area contributed by atoms with E-state index in [0.717, 1.165) is 19.6 Å². The summed E-state index contributed by atoms with van der Waals surface area (Å²) in [5.41, 5.74) is 1.79. The van der Waals surface area contributed by atoms with Crippen molar-refractivity contribution in [3.63, 3.8) is 0 Å². The van der Waals surface area contributed by atoms with Crippen LogP contribution in [-0.2, 0) is 6.54 Å². The SMILES string of the molecule is COc1cccc(Nc2ncnc(N3CCN(Cc4ccccc4)CC3)c2[N+](=O)[O-])c1. The van der Waals surface area contributed by atoms with Gasteiger partial charge >= 0.3 is 5.69 Å². The quantitative estimate of drug-likeness (QED) is 0.459. The molecular weight excluding hydrogens is 396 g/mol. The minimum atomic E-state index is -0.422. The van der Waals surface area contributed by atoms with Crippen molar-refractivity contribution in [2.24, 2.45) is 0 Å². The minimum absolute atomic E-state index is 0.123. The van der Waals surface area contributed by atoms with Crippen molar-refractivity contribution in [2.45, 2.75) is 6.54 Å². The van der Waals surface area contributed by atoms with E-state index in [-0.39, 0.29) is 11.5 Å². The molecule has 0 unspecified atom stereocenters. The predicted molar refractivity (Wildman–Crippen MR) is 119 cm³/mol. The van der Waals surface area contributed by atoms with Gasteiger partial charge in [-0.25, -0.2) is 9.97 Å². The molecule has 2 heterocycles. The first-order valence-corrected chi connectivity index (χ1v) is 10.1. The normalized spacial score (nSPS) is 14.3. The van der Waals surface area contributed by atoms with E-state index in [9.17, 15) is 10.1 Å². The molecule has 1 aliphatic heterocycles. The lowest BCUT2D eigenvalue weighted by Crippen LogP contribution is -2.46. The van der Waals surface area contributed by atoms with E-state index in [1.807, 2.05) is 23.1 Å². The topological polar surface area (TPSA) is 96.7 Å². The molecule has 0 bridgehead atoms. The molecule has 4 rings (SSSR count). The number of ether oxygens (including phenoxy) is 1. The van der Waals surface area contributed by atoms with Crippen LogP contribution in [0.15, 0.2) is 60.9 Å². The Balaban J connectivity index is 1.51. The molecule has 0 amide bonds. The molecule has 0 aliphatic carbocycles. The Kier molecular flexibility index (Phi) is 6.23. The summed E-state index contributed by atoms with van der Waals surface area (Å²) in [4.78, 5) is 24.2. The molecule has 1 saturated heterocycles. The van der Waals surface area contributed by atoms with Crippen LogP contribution in [0.25, 0.3) is 0 Å². The molecule has 9 nitrogen and oxygen atoms in total. The van der Waals surface area contributed by atoms with Crippen molar-refractivity contribution in [3.05, 3.63) is 76.6 Å². The molecule has 0 spiro atoms. The van der Waals surface area contributed by atoms with Gasteiger partial charge in [0.1, 0.15) is 12.1 Å². The summed E-state index contributed by atoms with van der Waals surface area (Å²) in [5.74, 6) is 1.15. The molecule has 3 aromatic rings. The average molecular weight is 420 g/mol. The first-order valence-electron chi connectivity index (χ1n) is 10.1. The number of nitrogens with zero attached hydrogens (tertiary/aromatic N) is 5. The number of piperazine rings is 1. The second-order valence-corrected chi connectivity index (χ2v) is 7.26. The summed E-state index contributed by atoms with van der Waals surface area (Å²) >= 11 is 0. The summed E-state index contributed by atoms with van der Waals surface area (Å²) in [6.07, 6.45) is 1.36. The summed E-state index contributed by atoms with van der Waals surface area (Å²) in [7, 11) is 1.57. The molecule has 160 valence electrons. The van der Waals surface area contributed by atoms with Gasteiger partial charge in [0.2, 0.25) is 11.6 Å². The highest BCUT2D eigenvalue weighted by molar-refractivity contribution is 5.74. The highest BCUT2D eigenvalue weighted by Gasteiger charge is 2.29. The Bertz CT molecular complexity index is 1040. The third-order valence-corrected chi connectivity index (χ3v) is 5.24.